The van der Waals surface area contributed by atoms with Gasteiger partial charge in [0.05, 0.1) is 17.7 Å². The van der Waals surface area contributed by atoms with E-state index in [0.717, 1.165) is 38.5 Å². The molecule has 0 aliphatic heterocycles. The van der Waals surface area contributed by atoms with Crippen LogP contribution >= 0.6 is 0 Å². The number of aliphatic hydroxyl groups excluding tert-OH is 1. The zero-order chi connectivity index (χ0) is 25.2. The fourth-order valence-corrected chi connectivity index (χ4v) is 4.59. The lowest BCUT2D eigenvalue weighted by Crippen LogP contribution is -2.45. The van der Waals surface area contributed by atoms with Gasteiger partial charge in [-0.3, -0.25) is 9.59 Å². The van der Waals surface area contributed by atoms with Crippen molar-refractivity contribution in [3.05, 3.63) is 42.1 Å². The highest BCUT2D eigenvalue weighted by atomic mass is 19.1. The van der Waals surface area contributed by atoms with Crippen LogP contribution in [0.1, 0.15) is 55.8 Å². The van der Waals surface area contributed by atoms with Gasteiger partial charge in [-0.25, -0.2) is 14.4 Å². The number of halogens is 1. The molecule has 4 N–H and O–H groups in total. The number of carbonyl (C=O) groups excluding carboxylic acids is 2. The molecule has 0 saturated heterocycles. The summed E-state index contributed by atoms with van der Waals surface area (Å²) in [5, 5.41) is 15.3. The maximum atomic E-state index is 14.0. The van der Waals surface area contributed by atoms with E-state index < -0.39 is 6.10 Å². The number of fused-ring (bicyclic) bond motifs is 1. The number of nitrogens with zero attached hydrogens (tertiary/aromatic N) is 2. The number of benzene rings is 1. The van der Waals surface area contributed by atoms with Crippen LogP contribution in [0.25, 0.3) is 22.3 Å². The molecule has 0 bridgehead atoms. The summed E-state index contributed by atoms with van der Waals surface area (Å²) in [7, 11) is 0. The molecule has 0 unspecified atom stereocenters. The largest absolute Gasteiger partial charge is 0.492 e. The van der Waals surface area contributed by atoms with E-state index in [1.807, 2.05) is 0 Å². The van der Waals surface area contributed by atoms with Gasteiger partial charge in [0.25, 0.3) is 5.91 Å². The van der Waals surface area contributed by atoms with Crippen LogP contribution in [-0.2, 0) is 4.79 Å². The van der Waals surface area contributed by atoms with Crippen molar-refractivity contribution in [2.45, 2.75) is 63.6 Å². The SMILES string of the molecule is C[C@H](O)C(=O)N[C@H]1CC[C@@H](NC(=O)c2c[nH]c3c(-c4ccc(F)cc4OCC4CC4)ncnc23)CC1. The van der Waals surface area contributed by atoms with Gasteiger partial charge in [0, 0.05) is 29.9 Å². The van der Waals surface area contributed by atoms with Gasteiger partial charge >= 0.3 is 0 Å². The lowest BCUT2D eigenvalue weighted by molar-refractivity contribution is -0.129. The fourth-order valence-electron chi connectivity index (χ4n) is 4.59. The summed E-state index contributed by atoms with van der Waals surface area (Å²) in [4.78, 5) is 36.7. The third-order valence-corrected chi connectivity index (χ3v) is 6.87. The van der Waals surface area contributed by atoms with Crippen LogP contribution in [0.2, 0.25) is 0 Å². The molecule has 2 amide bonds. The first-order valence-corrected chi connectivity index (χ1v) is 12.4. The molecule has 1 aromatic carbocycles. The highest BCUT2D eigenvalue weighted by molar-refractivity contribution is 6.07. The summed E-state index contributed by atoms with van der Waals surface area (Å²) < 4.78 is 19.9. The molecule has 10 heteroatoms. The van der Waals surface area contributed by atoms with Crippen molar-refractivity contribution in [2.24, 2.45) is 5.92 Å². The Hall–Kier alpha value is -3.53. The molecule has 2 saturated carbocycles. The topological polar surface area (TPSA) is 129 Å². The van der Waals surface area contributed by atoms with Crippen molar-refractivity contribution in [3.8, 4) is 17.0 Å². The van der Waals surface area contributed by atoms with Crippen LogP contribution in [0, 0.1) is 11.7 Å². The molecule has 0 radical (unpaired) electrons. The van der Waals surface area contributed by atoms with Crippen molar-refractivity contribution in [3.63, 3.8) is 0 Å². The Morgan fingerprint density at radius 3 is 2.56 bits per heavy atom. The highest BCUT2D eigenvalue weighted by Gasteiger charge is 2.27. The fraction of sp³-hybridized carbons (Fsp3) is 0.462. The first-order chi connectivity index (χ1) is 17.4. The van der Waals surface area contributed by atoms with Gasteiger partial charge in [-0.15, -0.1) is 0 Å². The molecule has 190 valence electrons. The maximum absolute atomic E-state index is 14.0. The van der Waals surface area contributed by atoms with Crippen molar-refractivity contribution in [1.29, 1.82) is 0 Å². The minimum Gasteiger partial charge on any atom is -0.492 e. The Morgan fingerprint density at radius 2 is 1.86 bits per heavy atom. The lowest BCUT2D eigenvalue weighted by atomic mass is 9.91. The molecule has 9 nitrogen and oxygen atoms in total. The number of aromatic nitrogens is 3. The van der Waals surface area contributed by atoms with E-state index in [1.165, 1.54) is 25.4 Å². The smallest absolute Gasteiger partial charge is 0.255 e. The summed E-state index contributed by atoms with van der Waals surface area (Å²) in [5.74, 6) is -0.0777. The van der Waals surface area contributed by atoms with Crippen molar-refractivity contribution >= 4 is 22.8 Å². The van der Waals surface area contributed by atoms with E-state index in [4.69, 9.17) is 4.74 Å². The van der Waals surface area contributed by atoms with Crippen LogP contribution < -0.4 is 15.4 Å². The number of nitrogens with one attached hydrogen (secondary N) is 3. The average molecular weight is 496 g/mol. The average Bonchev–Trinajstić information content (AvgIpc) is 3.59. The number of ether oxygens (including phenoxy) is 1. The predicted octanol–water partition coefficient (Wildman–Crippen LogP) is 3.09. The Labute approximate surface area is 207 Å². The van der Waals surface area contributed by atoms with E-state index in [-0.39, 0.29) is 29.7 Å². The molecule has 2 heterocycles. The van der Waals surface area contributed by atoms with E-state index in [1.54, 1.807) is 12.3 Å². The van der Waals surface area contributed by atoms with Gasteiger partial charge < -0.3 is 25.5 Å². The molecule has 2 aliphatic rings. The quantitative estimate of drug-likeness (QED) is 0.380. The molecule has 2 fully saturated rings. The van der Waals surface area contributed by atoms with Crippen LogP contribution in [0.3, 0.4) is 0 Å². The van der Waals surface area contributed by atoms with Gasteiger partial charge in [0.1, 0.15) is 35.2 Å². The van der Waals surface area contributed by atoms with Crippen LogP contribution in [0.5, 0.6) is 5.75 Å². The number of H-pyrrole nitrogens is 1. The highest BCUT2D eigenvalue weighted by Crippen LogP contribution is 2.36. The Morgan fingerprint density at radius 1 is 1.14 bits per heavy atom. The first-order valence-electron chi connectivity index (χ1n) is 12.4. The van der Waals surface area contributed by atoms with E-state index in [9.17, 15) is 19.1 Å². The zero-order valence-electron chi connectivity index (χ0n) is 20.1. The zero-order valence-corrected chi connectivity index (χ0v) is 20.1. The number of hydrogen-bond acceptors (Lipinski definition) is 6. The van der Waals surface area contributed by atoms with Gasteiger partial charge in [0.2, 0.25) is 5.91 Å². The molecule has 2 aliphatic carbocycles. The number of carbonyl (C=O) groups is 2. The second kappa shape index (κ2) is 10.2. The van der Waals surface area contributed by atoms with Gasteiger partial charge in [-0.05, 0) is 63.5 Å². The van der Waals surface area contributed by atoms with Gasteiger partial charge in [0.15, 0.2) is 0 Å². The summed E-state index contributed by atoms with van der Waals surface area (Å²) >= 11 is 0. The van der Waals surface area contributed by atoms with Crippen molar-refractivity contribution in [1.82, 2.24) is 25.6 Å². The van der Waals surface area contributed by atoms with Crippen molar-refractivity contribution < 1.29 is 23.8 Å². The minimum absolute atomic E-state index is 0.00400. The summed E-state index contributed by atoms with van der Waals surface area (Å²) in [6.45, 7) is 1.98. The van der Waals surface area contributed by atoms with Crippen LogP contribution in [0.4, 0.5) is 4.39 Å². The standard InChI is InChI=1S/C26H30FN5O4/c1-14(33)25(34)31-17-5-7-18(8-6-17)32-26(35)20-11-28-24-22(29-13-30-23(20)24)19-9-4-16(27)10-21(19)36-12-15-2-3-15/h4,9-11,13-15,17-18,28,33H,2-3,5-8,12H2,1H3,(H,31,34)(H,32,35)/t14-,17-,18+/m0/s1. The summed E-state index contributed by atoms with van der Waals surface area (Å²) in [6.07, 6.45) is 7.09. The molecule has 0 spiro atoms. The Balaban J connectivity index is 1.30. The second-order valence-corrected chi connectivity index (χ2v) is 9.75. The number of amides is 2. The molecule has 2 aromatic heterocycles. The number of aliphatic hydroxyl groups is 1. The first kappa shape index (κ1) is 24.2. The summed E-state index contributed by atoms with van der Waals surface area (Å²) in [5.41, 5.74) is 2.64. The molecule has 36 heavy (non-hydrogen) atoms. The molecular weight excluding hydrogens is 465 g/mol. The monoisotopic (exact) mass is 495 g/mol. The van der Waals surface area contributed by atoms with Crippen molar-refractivity contribution in [2.75, 3.05) is 6.61 Å². The van der Waals surface area contributed by atoms with E-state index in [0.29, 0.717) is 46.1 Å². The van der Waals surface area contributed by atoms with Crippen LogP contribution in [0.15, 0.2) is 30.7 Å². The molecule has 5 rings (SSSR count). The maximum Gasteiger partial charge on any atom is 0.255 e. The predicted molar refractivity (Wildman–Crippen MR) is 131 cm³/mol. The Bertz CT molecular complexity index is 1260. The van der Waals surface area contributed by atoms with Crippen LogP contribution in [-0.4, -0.2) is 56.7 Å². The molecular formula is C26H30FN5O4. The number of rotatable bonds is 8. The third kappa shape index (κ3) is 5.33. The minimum atomic E-state index is -1.04. The van der Waals surface area contributed by atoms with E-state index >= 15 is 0 Å². The number of hydrogen-bond donors (Lipinski definition) is 4. The normalized spacial score (nSPS) is 20.6. The summed E-state index contributed by atoms with van der Waals surface area (Å²) in [6, 6.07) is 4.33. The van der Waals surface area contributed by atoms with Gasteiger partial charge in [-0.2, -0.15) is 0 Å². The molecule has 1 atom stereocenters. The van der Waals surface area contributed by atoms with E-state index in [2.05, 4.69) is 25.6 Å². The second-order valence-electron chi connectivity index (χ2n) is 9.75. The number of aromatic amines is 1. The molecule has 3 aromatic rings. The Kier molecular flexibility index (Phi) is 6.86. The lowest BCUT2D eigenvalue weighted by Gasteiger charge is -2.29. The van der Waals surface area contributed by atoms with Gasteiger partial charge in [-0.1, -0.05) is 0 Å². The third-order valence-electron chi connectivity index (χ3n) is 6.87.